The smallest absolute Gasteiger partial charge is 0.220 e. The van der Waals surface area contributed by atoms with Gasteiger partial charge in [0.2, 0.25) is 5.91 Å². The Morgan fingerprint density at radius 2 is 2.40 bits per heavy atom. The molecule has 0 saturated carbocycles. The first-order valence-corrected chi connectivity index (χ1v) is 3.46. The Hall–Kier alpha value is -0.570. The lowest BCUT2D eigenvalue weighted by Crippen LogP contribution is -2.36. The molecule has 1 fully saturated rings. The molecular weight excluding hydrogens is 130 g/mol. The van der Waals surface area contributed by atoms with Crippen LogP contribution in [0.3, 0.4) is 0 Å². The van der Waals surface area contributed by atoms with Crippen molar-refractivity contribution in [3.05, 3.63) is 0 Å². The van der Waals surface area contributed by atoms with Crippen molar-refractivity contribution in [1.29, 1.82) is 0 Å². The summed E-state index contributed by atoms with van der Waals surface area (Å²) in [6.07, 6.45) is 0.526. The van der Waals surface area contributed by atoms with Gasteiger partial charge in [-0.25, -0.2) is 0 Å². The Bertz CT molecular complexity index is 154. The van der Waals surface area contributed by atoms with Gasteiger partial charge in [0.25, 0.3) is 0 Å². The highest BCUT2D eigenvalue weighted by Crippen LogP contribution is 2.29. The SMILES string of the molecule is CC1(C)CC(=O)N[C@@H]1CO. The predicted octanol–water partition coefficient (Wildman–Crippen LogP) is -0.107. The Kier molecular flexibility index (Phi) is 1.68. The molecule has 0 unspecified atom stereocenters. The van der Waals surface area contributed by atoms with Crippen LogP contribution in [0.2, 0.25) is 0 Å². The van der Waals surface area contributed by atoms with E-state index in [1.807, 2.05) is 13.8 Å². The maximum Gasteiger partial charge on any atom is 0.220 e. The predicted molar refractivity (Wildman–Crippen MR) is 37.4 cm³/mol. The van der Waals surface area contributed by atoms with Crippen molar-refractivity contribution in [3.63, 3.8) is 0 Å². The summed E-state index contributed by atoms with van der Waals surface area (Å²) >= 11 is 0. The van der Waals surface area contributed by atoms with Gasteiger partial charge in [0.05, 0.1) is 12.6 Å². The number of carbonyl (C=O) groups excluding carboxylic acids is 1. The molecule has 1 aliphatic heterocycles. The maximum atomic E-state index is 10.8. The average Bonchev–Trinajstić information content (AvgIpc) is 2.04. The van der Waals surface area contributed by atoms with Crippen molar-refractivity contribution in [3.8, 4) is 0 Å². The van der Waals surface area contributed by atoms with Crippen molar-refractivity contribution >= 4 is 5.91 Å². The van der Waals surface area contributed by atoms with Crippen LogP contribution in [0.5, 0.6) is 0 Å². The molecule has 1 amide bonds. The summed E-state index contributed by atoms with van der Waals surface area (Å²) in [5.41, 5.74) is -0.0775. The Labute approximate surface area is 60.4 Å². The Balaban J connectivity index is 2.67. The quantitative estimate of drug-likeness (QED) is 0.538. The minimum atomic E-state index is -0.0775. The third-order valence-corrected chi connectivity index (χ3v) is 2.08. The van der Waals surface area contributed by atoms with Gasteiger partial charge in [0.1, 0.15) is 0 Å². The highest BCUT2D eigenvalue weighted by Gasteiger charge is 2.38. The molecule has 0 radical (unpaired) electrons. The molecule has 2 N–H and O–H groups in total. The van der Waals surface area contributed by atoms with Crippen LogP contribution in [-0.2, 0) is 4.79 Å². The largest absolute Gasteiger partial charge is 0.394 e. The van der Waals surface area contributed by atoms with Gasteiger partial charge in [0, 0.05) is 6.42 Å². The van der Waals surface area contributed by atoms with E-state index >= 15 is 0 Å². The molecule has 0 aromatic heterocycles. The second-order valence-corrected chi connectivity index (χ2v) is 3.47. The van der Waals surface area contributed by atoms with Crippen molar-refractivity contribution in [2.75, 3.05) is 6.61 Å². The molecule has 3 nitrogen and oxygen atoms in total. The van der Waals surface area contributed by atoms with Crippen LogP contribution in [0.4, 0.5) is 0 Å². The second kappa shape index (κ2) is 2.23. The van der Waals surface area contributed by atoms with E-state index in [4.69, 9.17) is 5.11 Å². The number of hydrogen-bond acceptors (Lipinski definition) is 2. The molecule has 58 valence electrons. The highest BCUT2D eigenvalue weighted by atomic mass is 16.3. The number of rotatable bonds is 1. The van der Waals surface area contributed by atoms with Gasteiger partial charge in [-0.05, 0) is 5.41 Å². The van der Waals surface area contributed by atoms with Crippen LogP contribution >= 0.6 is 0 Å². The van der Waals surface area contributed by atoms with Gasteiger partial charge in [0.15, 0.2) is 0 Å². The van der Waals surface area contributed by atoms with Gasteiger partial charge in [-0.15, -0.1) is 0 Å². The Morgan fingerprint density at radius 3 is 2.60 bits per heavy atom. The first kappa shape index (κ1) is 7.54. The van der Waals surface area contributed by atoms with Crippen molar-refractivity contribution in [1.82, 2.24) is 5.32 Å². The van der Waals surface area contributed by atoms with E-state index in [0.29, 0.717) is 6.42 Å². The summed E-state index contributed by atoms with van der Waals surface area (Å²) in [5, 5.41) is 11.5. The van der Waals surface area contributed by atoms with Gasteiger partial charge in [-0.1, -0.05) is 13.8 Å². The van der Waals surface area contributed by atoms with Crippen molar-refractivity contribution in [2.45, 2.75) is 26.3 Å². The molecule has 0 spiro atoms. The lowest BCUT2D eigenvalue weighted by atomic mass is 9.85. The van der Waals surface area contributed by atoms with Crippen LogP contribution in [0, 0.1) is 5.41 Å². The zero-order valence-corrected chi connectivity index (χ0v) is 6.35. The molecule has 0 aromatic carbocycles. The third kappa shape index (κ3) is 1.14. The molecular formula is C7H13NO2. The topological polar surface area (TPSA) is 49.3 Å². The number of hydrogen-bond donors (Lipinski definition) is 2. The summed E-state index contributed by atoms with van der Waals surface area (Å²) in [4.78, 5) is 10.8. The molecule has 1 aliphatic rings. The Morgan fingerprint density at radius 1 is 1.80 bits per heavy atom. The summed E-state index contributed by atoms with van der Waals surface area (Å²) in [7, 11) is 0. The summed E-state index contributed by atoms with van der Waals surface area (Å²) in [6.45, 7) is 4.00. The molecule has 0 aromatic rings. The van der Waals surface area contributed by atoms with E-state index in [0.717, 1.165) is 0 Å². The third-order valence-electron chi connectivity index (χ3n) is 2.08. The molecule has 1 atom stereocenters. The number of amides is 1. The zero-order chi connectivity index (χ0) is 7.78. The number of aliphatic hydroxyl groups is 1. The van der Waals surface area contributed by atoms with E-state index in [9.17, 15) is 4.79 Å². The number of aliphatic hydroxyl groups excluding tert-OH is 1. The van der Waals surface area contributed by atoms with Crippen molar-refractivity contribution in [2.24, 2.45) is 5.41 Å². The van der Waals surface area contributed by atoms with Gasteiger partial charge >= 0.3 is 0 Å². The van der Waals surface area contributed by atoms with Crippen molar-refractivity contribution < 1.29 is 9.90 Å². The normalized spacial score (nSPS) is 30.3. The first-order chi connectivity index (χ1) is 4.56. The molecule has 10 heavy (non-hydrogen) atoms. The molecule has 0 aliphatic carbocycles. The summed E-state index contributed by atoms with van der Waals surface area (Å²) in [6, 6.07) is -0.0556. The van der Waals surface area contributed by atoms with E-state index in [2.05, 4.69) is 5.32 Å². The summed E-state index contributed by atoms with van der Waals surface area (Å²) < 4.78 is 0. The fourth-order valence-corrected chi connectivity index (χ4v) is 1.27. The molecule has 1 saturated heterocycles. The number of carbonyl (C=O) groups is 1. The zero-order valence-electron chi connectivity index (χ0n) is 6.35. The van der Waals surface area contributed by atoms with E-state index in [-0.39, 0.29) is 24.0 Å². The minimum absolute atomic E-state index is 0.0404. The summed E-state index contributed by atoms with van der Waals surface area (Å²) in [5.74, 6) is 0.0454. The van der Waals surface area contributed by atoms with Crippen LogP contribution in [-0.4, -0.2) is 23.7 Å². The van der Waals surface area contributed by atoms with Crippen LogP contribution in [0.25, 0.3) is 0 Å². The van der Waals surface area contributed by atoms with Crippen LogP contribution < -0.4 is 5.32 Å². The monoisotopic (exact) mass is 143 g/mol. The maximum absolute atomic E-state index is 10.8. The van der Waals surface area contributed by atoms with E-state index in [1.54, 1.807) is 0 Å². The lowest BCUT2D eigenvalue weighted by Gasteiger charge is -2.22. The van der Waals surface area contributed by atoms with Gasteiger partial charge in [-0.2, -0.15) is 0 Å². The van der Waals surface area contributed by atoms with Crippen LogP contribution in [0.15, 0.2) is 0 Å². The molecule has 1 heterocycles. The molecule has 1 rings (SSSR count). The fraction of sp³-hybridized carbons (Fsp3) is 0.857. The van der Waals surface area contributed by atoms with Gasteiger partial charge < -0.3 is 10.4 Å². The van der Waals surface area contributed by atoms with Crippen LogP contribution in [0.1, 0.15) is 20.3 Å². The highest BCUT2D eigenvalue weighted by molar-refractivity contribution is 5.79. The molecule has 3 heteroatoms. The molecule has 0 bridgehead atoms. The van der Waals surface area contributed by atoms with E-state index < -0.39 is 0 Å². The minimum Gasteiger partial charge on any atom is -0.394 e. The average molecular weight is 143 g/mol. The van der Waals surface area contributed by atoms with E-state index in [1.165, 1.54) is 0 Å². The first-order valence-electron chi connectivity index (χ1n) is 3.46. The lowest BCUT2D eigenvalue weighted by molar-refractivity contribution is -0.119. The number of nitrogens with one attached hydrogen (secondary N) is 1. The fourth-order valence-electron chi connectivity index (χ4n) is 1.27. The van der Waals surface area contributed by atoms with Gasteiger partial charge in [-0.3, -0.25) is 4.79 Å². The second-order valence-electron chi connectivity index (χ2n) is 3.47. The standard InChI is InChI=1S/C7H13NO2/c1-7(2)3-6(10)8-5(7)4-9/h5,9H,3-4H2,1-2H3,(H,8,10)/t5-/m1/s1.